The summed E-state index contributed by atoms with van der Waals surface area (Å²) in [5.74, 6) is 0.744. The van der Waals surface area contributed by atoms with Crippen molar-refractivity contribution in [1.29, 1.82) is 0 Å². The van der Waals surface area contributed by atoms with Gasteiger partial charge in [-0.3, -0.25) is 0 Å². The van der Waals surface area contributed by atoms with Crippen LogP contribution >= 0.6 is 0 Å². The van der Waals surface area contributed by atoms with Crippen molar-refractivity contribution in [3.05, 3.63) is 76.8 Å². The number of hydrogen-bond acceptors (Lipinski definition) is 3. The Hall–Kier alpha value is -2.26. The largest absolute Gasteiger partial charge is 0.358 e. The highest BCUT2D eigenvalue weighted by atomic mass is 15.0. The summed E-state index contributed by atoms with van der Waals surface area (Å²) in [6.07, 6.45) is 7.87. The summed E-state index contributed by atoms with van der Waals surface area (Å²) < 4.78 is 0. The molecule has 1 saturated carbocycles. The van der Waals surface area contributed by atoms with Gasteiger partial charge in [0.15, 0.2) is 0 Å². The molecule has 1 aromatic carbocycles. The molecule has 4 rings (SSSR count). The van der Waals surface area contributed by atoms with Crippen LogP contribution in [-0.4, -0.2) is 13.1 Å². The van der Waals surface area contributed by atoms with Crippen molar-refractivity contribution in [2.24, 2.45) is 0 Å². The zero-order valence-corrected chi connectivity index (χ0v) is 16.5. The van der Waals surface area contributed by atoms with Crippen LogP contribution in [0.1, 0.15) is 56.9 Å². The summed E-state index contributed by atoms with van der Waals surface area (Å²) in [6.45, 7) is 12.7. The summed E-state index contributed by atoms with van der Waals surface area (Å²) in [7, 11) is 0. The van der Waals surface area contributed by atoms with E-state index in [1.807, 2.05) is 0 Å². The molecule has 3 nitrogen and oxygen atoms in total. The van der Waals surface area contributed by atoms with E-state index < -0.39 is 0 Å². The molecule has 0 atom stereocenters. The molecule has 1 fully saturated rings. The number of rotatable bonds is 4. The van der Waals surface area contributed by atoms with Gasteiger partial charge in [-0.25, -0.2) is 0 Å². The van der Waals surface area contributed by atoms with Crippen LogP contribution in [0.5, 0.6) is 0 Å². The monoisotopic (exact) mass is 361 g/mol. The topological polar surface area (TPSA) is 36.1 Å². The van der Waals surface area contributed by atoms with E-state index in [9.17, 15) is 0 Å². The lowest BCUT2D eigenvalue weighted by molar-refractivity contribution is 0.443. The van der Waals surface area contributed by atoms with Crippen molar-refractivity contribution in [2.45, 2.75) is 51.4 Å². The first-order valence-electron chi connectivity index (χ1n) is 10.3. The number of allylic oxidation sites excluding steroid dienone is 1. The third-order valence-electron chi connectivity index (χ3n) is 6.23. The Morgan fingerprint density at radius 2 is 1.85 bits per heavy atom. The first kappa shape index (κ1) is 18.1. The Kier molecular flexibility index (Phi) is 5.22. The molecule has 0 spiro atoms. The average Bonchev–Trinajstić information content (AvgIpc) is 2.69. The molecular formula is C24H31N3. The van der Waals surface area contributed by atoms with Crippen molar-refractivity contribution in [3.63, 3.8) is 0 Å². The second-order valence-corrected chi connectivity index (χ2v) is 8.05. The van der Waals surface area contributed by atoms with Gasteiger partial charge >= 0.3 is 0 Å². The van der Waals surface area contributed by atoms with Crippen molar-refractivity contribution in [2.75, 3.05) is 18.4 Å². The Balaban J connectivity index is 1.50. The molecule has 3 N–H and O–H groups in total. The van der Waals surface area contributed by atoms with Gasteiger partial charge < -0.3 is 16.0 Å². The van der Waals surface area contributed by atoms with Gasteiger partial charge in [-0.15, -0.1) is 0 Å². The molecule has 0 aromatic heterocycles. The van der Waals surface area contributed by atoms with E-state index >= 15 is 0 Å². The number of hydrogen-bond donors (Lipinski definition) is 3. The molecule has 2 heterocycles. The maximum Gasteiger partial charge on any atom is 0.0408 e. The lowest BCUT2D eigenvalue weighted by Gasteiger charge is -2.32. The fraction of sp³-hybridized carbons (Fsp3) is 0.417. The molecule has 0 unspecified atom stereocenters. The van der Waals surface area contributed by atoms with Gasteiger partial charge in [-0.2, -0.15) is 0 Å². The van der Waals surface area contributed by atoms with Gasteiger partial charge in [0.25, 0.3) is 0 Å². The predicted molar refractivity (Wildman–Crippen MR) is 115 cm³/mol. The quantitative estimate of drug-likeness (QED) is 0.677. The summed E-state index contributed by atoms with van der Waals surface area (Å²) in [4.78, 5) is 0. The Morgan fingerprint density at radius 3 is 2.59 bits per heavy atom. The van der Waals surface area contributed by atoms with E-state index in [-0.39, 0.29) is 0 Å². The Labute approximate surface area is 163 Å². The molecule has 3 aliphatic rings. The molecule has 0 amide bonds. The SMILES string of the molecule is C=C1NC2=C(CCNC2)C(C)=C1C(=C)Nc1ccc(C2CCCCC2)cc1. The van der Waals surface area contributed by atoms with Gasteiger partial charge in [-0.05, 0) is 67.5 Å². The van der Waals surface area contributed by atoms with E-state index in [2.05, 4.69) is 60.3 Å². The fourth-order valence-corrected chi connectivity index (χ4v) is 4.76. The third-order valence-corrected chi connectivity index (χ3v) is 6.23. The first-order chi connectivity index (χ1) is 13.1. The van der Waals surface area contributed by atoms with Crippen molar-refractivity contribution in [1.82, 2.24) is 10.6 Å². The van der Waals surface area contributed by atoms with Gasteiger partial charge in [0.05, 0.1) is 0 Å². The molecule has 27 heavy (non-hydrogen) atoms. The van der Waals surface area contributed by atoms with E-state index in [4.69, 9.17) is 0 Å². The number of dihydropyridines is 1. The highest BCUT2D eigenvalue weighted by Crippen LogP contribution is 2.35. The van der Waals surface area contributed by atoms with Crippen LogP contribution in [-0.2, 0) is 0 Å². The molecule has 3 heteroatoms. The number of nitrogens with one attached hydrogen (secondary N) is 3. The van der Waals surface area contributed by atoms with Gasteiger partial charge in [0, 0.05) is 34.9 Å². The van der Waals surface area contributed by atoms with E-state index in [1.54, 1.807) is 0 Å². The summed E-state index contributed by atoms with van der Waals surface area (Å²) >= 11 is 0. The lowest BCUT2D eigenvalue weighted by Crippen LogP contribution is -2.35. The standard InChI is InChI=1S/C24H31N3/c1-16-22-13-14-25-15-23(22)27-18(3)24(16)17(2)26-21-11-9-20(10-12-21)19-7-5-4-6-8-19/h9-12,19,25-27H,2-8,13-15H2,1H3. The second-order valence-electron chi connectivity index (χ2n) is 8.05. The summed E-state index contributed by atoms with van der Waals surface area (Å²) in [5, 5.41) is 10.4. The maximum absolute atomic E-state index is 4.32. The van der Waals surface area contributed by atoms with Crippen LogP contribution in [0.4, 0.5) is 5.69 Å². The smallest absolute Gasteiger partial charge is 0.0408 e. The second kappa shape index (κ2) is 7.77. The zero-order valence-electron chi connectivity index (χ0n) is 16.5. The van der Waals surface area contributed by atoms with E-state index in [0.717, 1.165) is 48.1 Å². The normalized spacial score (nSPS) is 21.0. The van der Waals surface area contributed by atoms with Crippen LogP contribution in [0.15, 0.2) is 71.2 Å². The molecule has 2 aliphatic heterocycles. The van der Waals surface area contributed by atoms with Crippen molar-refractivity contribution in [3.8, 4) is 0 Å². The molecule has 1 aliphatic carbocycles. The van der Waals surface area contributed by atoms with Crippen LogP contribution < -0.4 is 16.0 Å². The van der Waals surface area contributed by atoms with Crippen molar-refractivity contribution < 1.29 is 0 Å². The van der Waals surface area contributed by atoms with E-state index in [0.29, 0.717) is 0 Å². The predicted octanol–water partition coefficient (Wildman–Crippen LogP) is 5.34. The Morgan fingerprint density at radius 1 is 1.11 bits per heavy atom. The first-order valence-corrected chi connectivity index (χ1v) is 10.3. The third kappa shape index (κ3) is 3.74. The highest BCUT2D eigenvalue weighted by Gasteiger charge is 2.24. The van der Waals surface area contributed by atoms with Crippen molar-refractivity contribution >= 4 is 5.69 Å². The minimum Gasteiger partial charge on any atom is -0.358 e. The van der Waals surface area contributed by atoms with E-state index in [1.165, 1.54) is 54.5 Å². The molecule has 0 bridgehead atoms. The molecule has 1 aromatic rings. The van der Waals surface area contributed by atoms with Gasteiger partial charge in [0.2, 0.25) is 0 Å². The Bertz CT molecular complexity index is 805. The zero-order chi connectivity index (χ0) is 18.8. The molecule has 0 radical (unpaired) electrons. The molecule has 0 saturated heterocycles. The van der Waals surface area contributed by atoms with Crippen LogP contribution in [0.2, 0.25) is 0 Å². The maximum atomic E-state index is 4.32. The van der Waals surface area contributed by atoms with Gasteiger partial charge in [0.1, 0.15) is 0 Å². The fourth-order valence-electron chi connectivity index (χ4n) is 4.76. The minimum atomic E-state index is 0.744. The summed E-state index contributed by atoms with van der Waals surface area (Å²) in [6, 6.07) is 8.96. The molecule has 142 valence electrons. The van der Waals surface area contributed by atoms with Crippen LogP contribution in [0.3, 0.4) is 0 Å². The highest BCUT2D eigenvalue weighted by molar-refractivity contribution is 5.63. The molecular weight excluding hydrogens is 330 g/mol. The van der Waals surface area contributed by atoms with Crippen LogP contribution in [0, 0.1) is 0 Å². The summed E-state index contributed by atoms with van der Waals surface area (Å²) in [5.41, 5.74) is 9.52. The number of anilines is 1. The average molecular weight is 362 g/mol. The minimum absolute atomic E-state index is 0.744. The van der Waals surface area contributed by atoms with Crippen LogP contribution in [0.25, 0.3) is 0 Å². The number of benzene rings is 1. The van der Waals surface area contributed by atoms with Gasteiger partial charge in [-0.1, -0.05) is 44.6 Å². The lowest BCUT2D eigenvalue weighted by atomic mass is 9.84.